The third kappa shape index (κ3) is 5.11. The average Bonchev–Trinajstić information content (AvgIpc) is 2.87. The van der Waals surface area contributed by atoms with Gasteiger partial charge in [-0.1, -0.05) is 6.07 Å². The van der Waals surface area contributed by atoms with Gasteiger partial charge in [-0.25, -0.2) is 0 Å². The van der Waals surface area contributed by atoms with Gasteiger partial charge in [0, 0.05) is 30.9 Å². The van der Waals surface area contributed by atoms with Crippen LogP contribution in [0.15, 0.2) is 54.7 Å². The smallest absolute Gasteiger partial charge is 0.269 e. The maximum Gasteiger partial charge on any atom is 0.269 e. The van der Waals surface area contributed by atoms with Crippen LogP contribution in [0.5, 0.6) is 23.0 Å². The summed E-state index contributed by atoms with van der Waals surface area (Å²) in [5, 5.41) is 5.68. The number of aryl methyl sites for hydroxylation is 1. The van der Waals surface area contributed by atoms with Crippen LogP contribution < -0.4 is 24.8 Å². The number of methoxy groups -OCH3 is 2. The van der Waals surface area contributed by atoms with E-state index < -0.39 is 0 Å². The predicted molar refractivity (Wildman–Crippen MR) is 127 cm³/mol. The van der Waals surface area contributed by atoms with Crippen LogP contribution in [-0.2, 0) is 12.8 Å². The second-order valence-corrected chi connectivity index (χ2v) is 7.97. The summed E-state index contributed by atoms with van der Waals surface area (Å²) in [4.78, 5) is 28.7. The SMILES string of the molecule is CNC(=O)c1cc(Oc2ccc3c(c2)CC(NC(=O)c2ccc(OC)c(OC)c2)CC3)ccn1. The van der Waals surface area contributed by atoms with Crippen molar-refractivity contribution in [2.24, 2.45) is 0 Å². The fourth-order valence-electron chi connectivity index (χ4n) is 4.03. The molecule has 1 heterocycles. The Kier molecular flexibility index (Phi) is 6.96. The lowest BCUT2D eigenvalue weighted by Crippen LogP contribution is -2.38. The number of carbonyl (C=O) groups is 2. The van der Waals surface area contributed by atoms with Crippen molar-refractivity contribution in [1.82, 2.24) is 15.6 Å². The highest BCUT2D eigenvalue weighted by Gasteiger charge is 2.22. The molecule has 1 unspecified atom stereocenters. The maximum absolute atomic E-state index is 12.8. The van der Waals surface area contributed by atoms with Crippen molar-refractivity contribution < 1.29 is 23.8 Å². The molecular formula is C26H27N3O5. The molecule has 2 amide bonds. The number of benzene rings is 2. The molecule has 3 aromatic rings. The number of nitrogens with one attached hydrogen (secondary N) is 2. The van der Waals surface area contributed by atoms with Gasteiger partial charge in [0.05, 0.1) is 14.2 Å². The highest BCUT2D eigenvalue weighted by molar-refractivity contribution is 5.95. The number of hydrogen-bond acceptors (Lipinski definition) is 6. The van der Waals surface area contributed by atoms with E-state index in [1.165, 1.54) is 11.8 Å². The van der Waals surface area contributed by atoms with Crippen LogP contribution in [0.1, 0.15) is 38.4 Å². The van der Waals surface area contributed by atoms with Crippen molar-refractivity contribution >= 4 is 11.8 Å². The van der Waals surface area contributed by atoms with Crippen molar-refractivity contribution in [2.75, 3.05) is 21.3 Å². The van der Waals surface area contributed by atoms with Crippen molar-refractivity contribution in [3.8, 4) is 23.0 Å². The number of carbonyl (C=O) groups excluding carboxylic acids is 2. The molecule has 34 heavy (non-hydrogen) atoms. The molecule has 0 fully saturated rings. The monoisotopic (exact) mass is 461 g/mol. The molecule has 8 nitrogen and oxygen atoms in total. The molecule has 0 bridgehead atoms. The minimum Gasteiger partial charge on any atom is -0.493 e. The quantitative estimate of drug-likeness (QED) is 0.559. The number of amides is 2. The first-order chi connectivity index (χ1) is 16.5. The zero-order valence-corrected chi connectivity index (χ0v) is 19.4. The Morgan fingerprint density at radius 1 is 0.912 bits per heavy atom. The van der Waals surface area contributed by atoms with Crippen LogP contribution in [0.25, 0.3) is 0 Å². The number of hydrogen-bond donors (Lipinski definition) is 2. The van der Waals surface area contributed by atoms with Crippen LogP contribution in [-0.4, -0.2) is 44.1 Å². The van der Waals surface area contributed by atoms with E-state index in [4.69, 9.17) is 14.2 Å². The van der Waals surface area contributed by atoms with Gasteiger partial charge in [-0.05, 0) is 66.8 Å². The molecule has 8 heteroatoms. The fourth-order valence-corrected chi connectivity index (χ4v) is 4.03. The average molecular weight is 462 g/mol. The van der Waals surface area contributed by atoms with Crippen molar-refractivity contribution in [3.05, 3.63) is 77.1 Å². The number of aromatic nitrogens is 1. The highest BCUT2D eigenvalue weighted by atomic mass is 16.5. The molecule has 0 aliphatic heterocycles. The fraction of sp³-hybridized carbons (Fsp3) is 0.269. The lowest BCUT2D eigenvalue weighted by atomic mass is 9.88. The molecular weight excluding hydrogens is 434 g/mol. The summed E-state index contributed by atoms with van der Waals surface area (Å²) >= 11 is 0. The molecule has 0 saturated carbocycles. The Bertz CT molecular complexity index is 1210. The molecule has 1 atom stereocenters. The van der Waals surface area contributed by atoms with Crippen molar-refractivity contribution in [1.29, 1.82) is 0 Å². The van der Waals surface area contributed by atoms with Gasteiger partial charge in [-0.15, -0.1) is 0 Å². The van der Waals surface area contributed by atoms with E-state index >= 15 is 0 Å². The van der Waals surface area contributed by atoms with Crippen LogP contribution in [0, 0.1) is 0 Å². The van der Waals surface area contributed by atoms with E-state index in [2.05, 4.69) is 21.7 Å². The highest BCUT2D eigenvalue weighted by Crippen LogP contribution is 2.30. The van der Waals surface area contributed by atoms with Gasteiger partial charge in [0.25, 0.3) is 11.8 Å². The zero-order valence-electron chi connectivity index (χ0n) is 19.4. The lowest BCUT2D eigenvalue weighted by Gasteiger charge is -2.26. The summed E-state index contributed by atoms with van der Waals surface area (Å²) in [5.41, 5.74) is 3.17. The number of ether oxygens (including phenoxy) is 3. The first kappa shape index (κ1) is 23.1. The molecule has 1 aliphatic carbocycles. The van der Waals surface area contributed by atoms with E-state index in [9.17, 15) is 9.59 Å². The minimum atomic E-state index is -0.274. The van der Waals surface area contributed by atoms with E-state index in [1.54, 1.807) is 51.6 Å². The Hall–Kier alpha value is -4.07. The summed E-state index contributed by atoms with van der Waals surface area (Å²) in [6.07, 6.45) is 3.96. The molecule has 176 valence electrons. The molecule has 1 aromatic heterocycles. The van der Waals surface area contributed by atoms with Gasteiger partial charge in [-0.3, -0.25) is 14.6 Å². The Morgan fingerprint density at radius 3 is 2.47 bits per heavy atom. The van der Waals surface area contributed by atoms with Gasteiger partial charge in [0.15, 0.2) is 11.5 Å². The van der Waals surface area contributed by atoms with Crippen LogP contribution >= 0.6 is 0 Å². The lowest BCUT2D eigenvalue weighted by molar-refractivity contribution is 0.0930. The molecule has 2 aromatic carbocycles. The minimum absolute atomic E-state index is 0.00382. The third-order valence-electron chi connectivity index (χ3n) is 5.81. The van der Waals surface area contributed by atoms with Crippen LogP contribution in [0.3, 0.4) is 0 Å². The normalized spacial score (nSPS) is 14.5. The standard InChI is InChI=1S/C26H27N3O5/c1-27-26(31)22-15-21(10-11-28-22)34-20-8-5-16-4-7-19(12-18(16)13-20)29-25(30)17-6-9-23(32-2)24(14-17)33-3/h5-6,8-11,13-15,19H,4,7,12H2,1-3H3,(H,27,31)(H,29,30). The summed E-state index contributed by atoms with van der Waals surface area (Å²) < 4.78 is 16.5. The van der Waals surface area contributed by atoms with Gasteiger partial charge >= 0.3 is 0 Å². The predicted octanol–water partition coefficient (Wildman–Crippen LogP) is 3.54. The van der Waals surface area contributed by atoms with Crippen molar-refractivity contribution in [3.63, 3.8) is 0 Å². The van der Waals surface area contributed by atoms with Gasteiger partial charge in [0.1, 0.15) is 17.2 Å². The first-order valence-electron chi connectivity index (χ1n) is 11.0. The summed E-state index contributed by atoms with van der Waals surface area (Å²) in [6.45, 7) is 0. The number of pyridine rings is 1. The molecule has 0 saturated heterocycles. The largest absolute Gasteiger partial charge is 0.493 e. The van der Waals surface area contributed by atoms with E-state index in [-0.39, 0.29) is 23.6 Å². The van der Waals surface area contributed by atoms with Gasteiger partial charge in [-0.2, -0.15) is 0 Å². The zero-order chi connectivity index (χ0) is 24.1. The topological polar surface area (TPSA) is 98.8 Å². The second-order valence-electron chi connectivity index (χ2n) is 7.97. The number of fused-ring (bicyclic) bond motifs is 1. The molecule has 0 spiro atoms. The van der Waals surface area contributed by atoms with E-state index in [0.29, 0.717) is 35.0 Å². The van der Waals surface area contributed by atoms with E-state index in [1.807, 2.05) is 12.1 Å². The number of nitrogens with zero attached hydrogens (tertiary/aromatic N) is 1. The Labute approximate surface area is 198 Å². The molecule has 1 aliphatic rings. The first-order valence-corrected chi connectivity index (χ1v) is 11.0. The molecule has 2 N–H and O–H groups in total. The maximum atomic E-state index is 12.8. The Balaban J connectivity index is 1.45. The Morgan fingerprint density at radius 2 is 1.71 bits per heavy atom. The van der Waals surface area contributed by atoms with Crippen LogP contribution in [0.4, 0.5) is 0 Å². The van der Waals surface area contributed by atoms with Gasteiger partial charge in [0.2, 0.25) is 0 Å². The van der Waals surface area contributed by atoms with Gasteiger partial charge < -0.3 is 24.8 Å². The third-order valence-corrected chi connectivity index (χ3v) is 5.81. The van der Waals surface area contributed by atoms with E-state index in [0.717, 1.165) is 18.4 Å². The summed E-state index contributed by atoms with van der Waals surface area (Å²) in [7, 11) is 4.66. The summed E-state index contributed by atoms with van der Waals surface area (Å²) in [5.74, 6) is 1.86. The number of rotatable bonds is 7. The molecule has 4 rings (SSSR count). The van der Waals surface area contributed by atoms with Crippen LogP contribution in [0.2, 0.25) is 0 Å². The van der Waals surface area contributed by atoms with Crippen molar-refractivity contribution in [2.45, 2.75) is 25.3 Å². The second kappa shape index (κ2) is 10.2. The summed E-state index contributed by atoms with van der Waals surface area (Å²) in [6, 6.07) is 14.4. The molecule has 0 radical (unpaired) electrons.